The Morgan fingerprint density at radius 1 is 0.889 bits per heavy atom. The predicted molar refractivity (Wildman–Crippen MR) is 81.9 cm³/mol. The average Bonchev–Trinajstić information content (AvgIpc) is 2.26. The molecular weight excluding hydrogens is 218 g/mol. The summed E-state index contributed by atoms with van der Waals surface area (Å²) in [4.78, 5) is 0. The molecule has 0 radical (unpaired) electrons. The number of nitrogens with one attached hydrogen (secondary N) is 1. The topological polar surface area (TPSA) is 12.0 Å². The Balaban J connectivity index is 1.94. The summed E-state index contributed by atoms with van der Waals surface area (Å²) in [7, 11) is 0. The van der Waals surface area contributed by atoms with E-state index in [1.165, 1.54) is 57.9 Å². The van der Waals surface area contributed by atoms with E-state index in [9.17, 15) is 0 Å². The highest BCUT2D eigenvalue weighted by Crippen LogP contribution is 2.28. The van der Waals surface area contributed by atoms with Crippen molar-refractivity contribution < 1.29 is 0 Å². The van der Waals surface area contributed by atoms with E-state index in [-0.39, 0.29) is 0 Å². The number of hydrogen-bond donors (Lipinski definition) is 1. The van der Waals surface area contributed by atoms with E-state index in [2.05, 4.69) is 33.0 Å². The van der Waals surface area contributed by atoms with Gasteiger partial charge in [-0.1, -0.05) is 53.4 Å². The van der Waals surface area contributed by atoms with Crippen LogP contribution in [0.2, 0.25) is 0 Å². The molecule has 1 rings (SSSR count). The fourth-order valence-corrected chi connectivity index (χ4v) is 3.45. The van der Waals surface area contributed by atoms with Crippen molar-refractivity contribution in [1.82, 2.24) is 5.32 Å². The van der Waals surface area contributed by atoms with Crippen molar-refractivity contribution in [2.24, 2.45) is 17.8 Å². The normalized spacial score (nSPS) is 28.8. The van der Waals surface area contributed by atoms with Crippen molar-refractivity contribution in [3.63, 3.8) is 0 Å². The average molecular weight is 253 g/mol. The first-order chi connectivity index (χ1) is 8.58. The first-order valence-corrected chi connectivity index (χ1v) is 8.31. The molecule has 1 aliphatic rings. The second-order valence-electron chi connectivity index (χ2n) is 7.17. The van der Waals surface area contributed by atoms with E-state index in [1.807, 2.05) is 0 Å². The van der Waals surface area contributed by atoms with Gasteiger partial charge in [-0.15, -0.1) is 0 Å². The monoisotopic (exact) mass is 253 g/mol. The molecule has 0 aromatic rings. The predicted octanol–water partition coefficient (Wildman–Crippen LogP) is 5.01. The van der Waals surface area contributed by atoms with E-state index >= 15 is 0 Å². The maximum absolute atomic E-state index is 3.78. The van der Waals surface area contributed by atoms with Crippen LogP contribution in [0.4, 0.5) is 0 Å². The van der Waals surface area contributed by atoms with Gasteiger partial charge in [-0.05, 0) is 50.0 Å². The van der Waals surface area contributed by atoms with Crippen molar-refractivity contribution in [2.75, 3.05) is 6.54 Å². The van der Waals surface area contributed by atoms with Crippen LogP contribution in [0, 0.1) is 17.8 Å². The molecule has 1 heteroatoms. The molecule has 0 spiro atoms. The van der Waals surface area contributed by atoms with Crippen LogP contribution in [0.25, 0.3) is 0 Å². The molecule has 1 N–H and O–H groups in total. The Morgan fingerprint density at radius 3 is 2.11 bits per heavy atom. The number of rotatable bonds is 8. The van der Waals surface area contributed by atoms with Crippen molar-refractivity contribution in [1.29, 1.82) is 0 Å². The van der Waals surface area contributed by atoms with Gasteiger partial charge in [0.05, 0.1) is 0 Å². The zero-order valence-corrected chi connectivity index (χ0v) is 13.2. The Hall–Kier alpha value is -0.0400. The van der Waals surface area contributed by atoms with E-state index in [0.29, 0.717) is 0 Å². The fourth-order valence-electron chi connectivity index (χ4n) is 3.45. The third kappa shape index (κ3) is 7.41. The van der Waals surface area contributed by atoms with Gasteiger partial charge in [-0.3, -0.25) is 0 Å². The highest BCUT2D eigenvalue weighted by Gasteiger charge is 2.22. The van der Waals surface area contributed by atoms with Crippen molar-refractivity contribution >= 4 is 0 Å². The van der Waals surface area contributed by atoms with Crippen LogP contribution >= 0.6 is 0 Å². The molecule has 0 bridgehead atoms. The standard InChI is InChI=1S/C17H35N/c1-14(2)9-7-5-6-8-10-18-17-12-15(3)11-16(4)13-17/h14-18H,5-13H2,1-4H3. The second kappa shape index (κ2) is 8.96. The van der Waals surface area contributed by atoms with Gasteiger partial charge in [0.15, 0.2) is 0 Å². The molecule has 0 aromatic carbocycles. The minimum absolute atomic E-state index is 0.805. The highest BCUT2D eigenvalue weighted by atomic mass is 14.9. The van der Waals surface area contributed by atoms with Crippen molar-refractivity contribution in [3.8, 4) is 0 Å². The summed E-state index contributed by atoms with van der Waals surface area (Å²) in [6.45, 7) is 10.7. The molecule has 18 heavy (non-hydrogen) atoms. The number of hydrogen-bond acceptors (Lipinski definition) is 1. The fraction of sp³-hybridized carbons (Fsp3) is 1.00. The zero-order valence-electron chi connectivity index (χ0n) is 13.2. The molecule has 0 amide bonds. The minimum Gasteiger partial charge on any atom is -0.314 e. The summed E-state index contributed by atoms with van der Waals surface area (Å²) in [5, 5.41) is 3.78. The van der Waals surface area contributed by atoms with E-state index in [0.717, 1.165) is 23.8 Å². The number of unbranched alkanes of at least 4 members (excludes halogenated alkanes) is 3. The second-order valence-corrected chi connectivity index (χ2v) is 7.17. The zero-order chi connectivity index (χ0) is 13.4. The third-order valence-corrected chi connectivity index (χ3v) is 4.32. The van der Waals surface area contributed by atoms with Crippen LogP contribution in [0.15, 0.2) is 0 Å². The van der Waals surface area contributed by atoms with Crippen LogP contribution in [-0.2, 0) is 0 Å². The molecular formula is C17H35N. The summed E-state index contributed by atoms with van der Waals surface area (Å²) >= 11 is 0. The largest absolute Gasteiger partial charge is 0.314 e. The maximum atomic E-state index is 3.78. The molecule has 108 valence electrons. The van der Waals surface area contributed by atoms with Gasteiger partial charge in [0, 0.05) is 6.04 Å². The summed E-state index contributed by atoms with van der Waals surface area (Å²) in [6, 6.07) is 0.805. The smallest absolute Gasteiger partial charge is 0.00721 e. The molecule has 0 aromatic heterocycles. The molecule has 0 heterocycles. The lowest BCUT2D eigenvalue weighted by atomic mass is 9.80. The lowest BCUT2D eigenvalue weighted by molar-refractivity contribution is 0.238. The van der Waals surface area contributed by atoms with Crippen LogP contribution < -0.4 is 5.32 Å². The Morgan fingerprint density at radius 2 is 1.50 bits per heavy atom. The molecule has 0 aliphatic heterocycles. The summed E-state index contributed by atoms with van der Waals surface area (Å²) in [6.07, 6.45) is 11.3. The molecule has 1 nitrogen and oxygen atoms in total. The molecule has 1 aliphatic carbocycles. The molecule has 1 fully saturated rings. The molecule has 2 atom stereocenters. The van der Waals surface area contributed by atoms with Gasteiger partial charge < -0.3 is 5.32 Å². The quantitative estimate of drug-likeness (QED) is 0.600. The van der Waals surface area contributed by atoms with Gasteiger partial charge in [0.2, 0.25) is 0 Å². The van der Waals surface area contributed by atoms with Crippen molar-refractivity contribution in [3.05, 3.63) is 0 Å². The minimum atomic E-state index is 0.805. The SMILES string of the molecule is CC(C)CCCCCCNC1CC(C)CC(C)C1. The lowest BCUT2D eigenvalue weighted by Crippen LogP contribution is -2.36. The molecule has 0 saturated heterocycles. The Labute approximate surface area is 115 Å². The van der Waals surface area contributed by atoms with E-state index < -0.39 is 0 Å². The van der Waals surface area contributed by atoms with Crippen LogP contribution in [0.1, 0.15) is 79.1 Å². The van der Waals surface area contributed by atoms with Crippen LogP contribution in [-0.4, -0.2) is 12.6 Å². The van der Waals surface area contributed by atoms with Crippen LogP contribution in [0.5, 0.6) is 0 Å². The first-order valence-electron chi connectivity index (χ1n) is 8.31. The Bertz CT molecular complexity index is 190. The van der Waals surface area contributed by atoms with Gasteiger partial charge >= 0.3 is 0 Å². The van der Waals surface area contributed by atoms with Gasteiger partial charge in [-0.25, -0.2) is 0 Å². The van der Waals surface area contributed by atoms with Crippen LogP contribution in [0.3, 0.4) is 0 Å². The van der Waals surface area contributed by atoms with Gasteiger partial charge in [0.25, 0.3) is 0 Å². The molecule has 1 saturated carbocycles. The van der Waals surface area contributed by atoms with Crippen molar-refractivity contribution in [2.45, 2.75) is 85.1 Å². The van der Waals surface area contributed by atoms with Gasteiger partial charge in [-0.2, -0.15) is 0 Å². The Kier molecular flexibility index (Phi) is 7.97. The highest BCUT2D eigenvalue weighted by molar-refractivity contribution is 4.79. The van der Waals surface area contributed by atoms with E-state index in [4.69, 9.17) is 0 Å². The maximum Gasteiger partial charge on any atom is 0.00721 e. The van der Waals surface area contributed by atoms with Gasteiger partial charge in [0.1, 0.15) is 0 Å². The first kappa shape index (κ1) is 16.0. The third-order valence-electron chi connectivity index (χ3n) is 4.32. The summed E-state index contributed by atoms with van der Waals surface area (Å²) in [5.74, 6) is 2.74. The lowest BCUT2D eigenvalue weighted by Gasteiger charge is -2.32. The summed E-state index contributed by atoms with van der Waals surface area (Å²) in [5.41, 5.74) is 0. The summed E-state index contributed by atoms with van der Waals surface area (Å²) < 4.78 is 0. The molecule has 2 unspecified atom stereocenters. The van der Waals surface area contributed by atoms with E-state index in [1.54, 1.807) is 0 Å².